The van der Waals surface area contributed by atoms with Crippen LogP contribution < -0.4 is 0 Å². The predicted octanol–water partition coefficient (Wildman–Crippen LogP) is -3.08. The molecule has 0 aromatic rings. The molecule has 11 rings (SSSR count). The van der Waals surface area contributed by atoms with Crippen molar-refractivity contribution in [3.05, 3.63) is 11.6 Å². The van der Waals surface area contributed by atoms with Gasteiger partial charge in [0.25, 0.3) is 0 Å². The average Bonchev–Trinajstić information content (AvgIpc) is 1.52. The van der Waals surface area contributed by atoms with Crippen LogP contribution in [-0.4, -0.2) is 326 Å². The van der Waals surface area contributed by atoms with E-state index in [0.29, 0.717) is 44.9 Å². The zero-order chi connectivity index (χ0) is 71.9. The number of aliphatic hydroxyl groups is 14. The molecule has 0 radical (unpaired) electrons. The molecule has 0 aromatic carbocycles. The standard InChI is InChI=1S/C66H106O33/c1-25(2)18-27(89-62(82)83)19-65(7)37-15-16-64(6)31-12-11-30-28(29(31)14-17-66(37,64)61(81)99-65)10-13-38(63(30,4)5)94-60-54(42(74)36(24-87-60)93-57-48(80)53(41(73)35(22-69)90-57)97-59-47(79)52(85-9)40(72)34(21-68)92-59)98-56-44(76)43(75)49(26(3)88-56)95-55-45(77)50(32(70)23-86-55)96-58-46(78)51(84-8)39(71)33(20-67)91-58/h12,25-30,32-60,67-80H,10-11,13-24H2,1-9H3,(H,82,83)/t26-,27+,28?,29?,30?,32-,33-,34-,35-,36-,37?,38?,39-,40-,41-,42+,43-,44-,45-,46-,47-,48-,49-,50+,51+,52+,53+,54-,55+,56+,57+,58+,59+,60+,64+,65+,66?/m1/s1. The van der Waals surface area contributed by atoms with Crippen molar-refractivity contribution in [3.63, 3.8) is 0 Å². The fourth-order valence-corrected chi connectivity index (χ4v) is 18.9. The van der Waals surface area contributed by atoms with Gasteiger partial charge in [0, 0.05) is 32.0 Å². The maximum absolute atomic E-state index is 14.7. The molecular formula is C66H106O33. The van der Waals surface area contributed by atoms with Gasteiger partial charge in [-0.05, 0) is 94.3 Å². The van der Waals surface area contributed by atoms with Crippen molar-refractivity contribution in [1.82, 2.24) is 0 Å². The third kappa shape index (κ3) is 14.2. The van der Waals surface area contributed by atoms with Crippen molar-refractivity contribution in [3.8, 4) is 0 Å². The summed E-state index contributed by atoms with van der Waals surface area (Å²) in [6.45, 7) is 10.4. The number of fused-ring (bicyclic) bond motifs is 4. The van der Waals surface area contributed by atoms with Crippen LogP contribution in [-0.2, 0) is 80.6 Å². The third-order valence-corrected chi connectivity index (χ3v) is 24.0. The molecule has 4 aliphatic carbocycles. The van der Waals surface area contributed by atoms with Crippen LogP contribution in [0, 0.1) is 45.8 Å². The second-order valence-corrected chi connectivity index (χ2v) is 30.5. The van der Waals surface area contributed by atoms with Crippen LogP contribution in [0.15, 0.2) is 11.6 Å². The van der Waals surface area contributed by atoms with Crippen molar-refractivity contribution in [1.29, 1.82) is 0 Å². The molecule has 6 unspecified atom stereocenters. The zero-order valence-corrected chi connectivity index (χ0v) is 57.2. The number of hydrogen-bond donors (Lipinski definition) is 15. The first-order valence-corrected chi connectivity index (χ1v) is 34.8. The molecule has 7 heterocycles. The van der Waals surface area contributed by atoms with Gasteiger partial charge >= 0.3 is 12.1 Å². The number of rotatable bonds is 22. The van der Waals surface area contributed by atoms with Gasteiger partial charge in [0.15, 0.2) is 37.7 Å². The largest absolute Gasteiger partial charge is 0.506 e. The topological polar surface area (TPSA) is 485 Å². The van der Waals surface area contributed by atoms with E-state index in [2.05, 4.69) is 26.8 Å². The monoisotopic (exact) mass is 1430 g/mol. The second-order valence-electron chi connectivity index (χ2n) is 30.5. The number of hydrogen-bond acceptors (Lipinski definition) is 32. The lowest BCUT2D eigenvalue weighted by Crippen LogP contribution is -2.67. The molecule has 10 fully saturated rings. The van der Waals surface area contributed by atoms with Crippen LogP contribution in [0.2, 0.25) is 0 Å². The Bertz CT molecular complexity index is 2750. The number of carbonyl (C=O) groups is 2. The van der Waals surface area contributed by atoms with Gasteiger partial charge in [-0.2, -0.15) is 0 Å². The fraction of sp³-hybridized carbons (Fsp3) is 0.939. The molecule has 7 aliphatic heterocycles. The summed E-state index contributed by atoms with van der Waals surface area (Å²) in [5.74, 6) is -0.00842. The van der Waals surface area contributed by atoms with E-state index in [1.807, 2.05) is 20.8 Å². The number of carbonyl (C=O) groups excluding carboxylic acids is 1. The quantitative estimate of drug-likeness (QED) is 0.0377. The molecule has 568 valence electrons. The summed E-state index contributed by atoms with van der Waals surface area (Å²) in [7, 11) is 2.39. The van der Waals surface area contributed by atoms with Crippen LogP contribution >= 0.6 is 0 Å². The third-order valence-electron chi connectivity index (χ3n) is 24.0. The molecule has 33 heteroatoms. The molecule has 3 saturated carbocycles. The lowest BCUT2D eigenvalue weighted by Gasteiger charge is -2.59. The highest BCUT2D eigenvalue weighted by Gasteiger charge is 2.76. The number of ether oxygens (including phenoxy) is 16. The Morgan fingerprint density at radius 1 is 0.576 bits per heavy atom. The SMILES string of the molecule is CO[C@@H]1[C@@H](O)[C@H](O[C@@H]2[C@@H](O)[C@H](O[C@@H]3CO[C@@H](OC4CCC5C6CCC78C(=O)O[C@@](C)(C[C@H](CC(C)C)OC(=O)O)C7CC[C@@]8(C)C6=CCC5C4(C)C)[C@H](O[C@@H]4O[C@H](C)[C@@H](O[C@@H]5OC[C@@H](O)[C@H](O[C@@H]6O[C@H](CO)[C@@H](O)[C@H](OC)[C@H]6O)[C@H]5O)[C@H](O)[C@H]4O)[C@H]3O)O[C@H](CO)[C@H]2O)O[C@H](CO)[C@H]1O. The number of cyclic esters (lactones) is 1. The first kappa shape index (κ1) is 77.5. The first-order valence-electron chi connectivity index (χ1n) is 34.8. The van der Waals surface area contributed by atoms with Gasteiger partial charge in [0.2, 0.25) is 0 Å². The highest BCUT2D eigenvalue weighted by Crippen LogP contribution is 2.75. The van der Waals surface area contributed by atoms with Crippen molar-refractivity contribution < 1.29 is 162 Å². The van der Waals surface area contributed by atoms with Gasteiger partial charge < -0.3 is 152 Å². The van der Waals surface area contributed by atoms with E-state index in [1.165, 1.54) is 26.7 Å². The summed E-state index contributed by atoms with van der Waals surface area (Å²) in [4.78, 5) is 26.5. The highest BCUT2D eigenvalue weighted by atomic mass is 16.8. The molecule has 0 amide bonds. The Morgan fingerprint density at radius 2 is 1.11 bits per heavy atom. The molecule has 1 spiro atoms. The minimum absolute atomic E-state index is 0.0145. The zero-order valence-electron chi connectivity index (χ0n) is 57.2. The molecular weight excluding hydrogens is 1320 g/mol. The van der Waals surface area contributed by atoms with Crippen LogP contribution in [0.4, 0.5) is 4.79 Å². The summed E-state index contributed by atoms with van der Waals surface area (Å²) in [5.41, 5.74) is -1.68. The van der Waals surface area contributed by atoms with Crippen molar-refractivity contribution in [2.24, 2.45) is 45.8 Å². The number of allylic oxidation sites excluding steroid dienone is 2. The van der Waals surface area contributed by atoms with E-state index in [1.54, 1.807) is 0 Å². The summed E-state index contributed by atoms with van der Waals surface area (Å²) in [6, 6.07) is 0. The maximum atomic E-state index is 14.7. The molecule has 37 atom stereocenters. The Morgan fingerprint density at radius 3 is 1.70 bits per heavy atom. The predicted molar refractivity (Wildman–Crippen MR) is 328 cm³/mol. The minimum Gasteiger partial charge on any atom is -0.458 e. The Hall–Kier alpha value is -2.64. The van der Waals surface area contributed by atoms with E-state index in [9.17, 15) is 86.2 Å². The van der Waals surface area contributed by atoms with Crippen molar-refractivity contribution in [2.45, 2.75) is 296 Å². The summed E-state index contributed by atoms with van der Waals surface area (Å²) in [5, 5.41) is 166. The van der Waals surface area contributed by atoms with Gasteiger partial charge in [-0.3, -0.25) is 4.79 Å². The van der Waals surface area contributed by atoms with Gasteiger partial charge in [-0.1, -0.05) is 46.3 Å². The second kappa shape index (κ2) is 30.7. The summed E-state index contributed by atoms with van der Waals surface area (Å²) < 4.78 is 95.3. The van der Waals surface area contributed by atoms with Gasteiger partial charge in [0.1, 0.15) is 140 Å². The van der Waals surface area contributed by atoms with E-state index in [4.69, 9.17) is 75.8 Å². The van der Waals surface area contributed by atoms with Crippen molar-refractivity contribution >= 4 is 12.1 Å². The molecule has 15 N–H and O–H groups in total. The van der Waals surface area contributed by atoms with Crippen LogP contribution in [0.25, 0.3) is 0 Å². The normalized spacial score (nSPS) is 50.9. The highest BCUT2D eigenvalue weighted by molar-refractivity contribution is 5.83. The Kier molecular flexibility index (Phi) is 24.0. The molecule has 0 bridgehead atoms. The number of esters is 1. The molecule has 7 saturated heterocycles. The van der Waals surface area contributed by atoms with E-state index >= 15 is 0 Å². The van der Waals surface area contributed by atoms with E-state index < -0.39 is 245 Å². The summed E-state index contributed by atoms with van der Waals surface area (Å²) in [6.07, 6.45) is -41.1. The van der Waals surface area contributed by atoms with Gasteiger partial charge in [0.05, 0.1) is 50.7 Å². The van der Waals surface area contributed by atoms with E-state index in [-0.39, 0.29) is 42.0 Å². The lowest BCUT2D eigenvalue weighted by molar-refractivity contribution is -0.394. The lowest BCUT2D eigenvalue weighted by atomic mass is 9.45. The number of aliphatic hydroxyl groups excluding tert-OH is 14. The van der Waals surface area contributed by atoms with Gasteiger partial charge in [-0.15, -0.1) is 0 Å². The van der Waals surface area contributed by atoms with E-state index in [0.717, 1.165) is 6.42 Å². The van der Waals surface area contributed by atoms with Crippen molar-refractivity contribution in [2.75, 3.05) is 47.3 Å². The number of carboxylic acid groups (broad SMARTS) is 1. The van der Waals surface area contributed by atoms with Gasteiger partial charge in [-0.25, -0.2) is 4.79 Å². The molecule has 99 heavy (non-hydrogen) atoms. The Balaban J connectivity index is 0.819. The maximum Gasteiger partial charge on any atom is 0.506 e. The Labute approximate surface area is 573 Å². The first-order chi connectivity index (χ1) is 46.8. The average molecular weight is 1430 g/mol. The van der Waals surface area contributed by atoms with Crippen LogP contribution in [0.1, 0.15) is 106 Å². The summed E-state index contributed by atoms with van der Waals surface area (Å²) >= 11 is 0. The molecule has 0 aromatic heterocycles. The molecule has 11 aliphatic rings. The smallest absolute Gasteiger partial charge is 0.458 e. The van der Waals surface area contributed by atoms with Crippen LogP contribution in [0.5, 0.6) is 0 Å². The molecule has 33 nitrogen and oxygen atoms in total. The fourth-order valence-electron chi connectivity index (χ4n) is 18.9. The van der Waals surface area contributed by atoms with Crippen LogP contribution in [0.3, 0.4) is 0 Å². The number of methoxy groups -OCH3 is 2. The minimum atomic E-state index is -2.03.